The zero-order valence-corrected chi connectivity index (χ0v) is 10.2. The van der Waals surface area contributed by atoms with Crippen LogP contribution in [0, 0.1) is 10.1 Å². The van der Waals surface area contributed by atoms with Crippen molar-refractivity contribution in [2.45, 2.75) is 6.04 Å². The van der Waals surface area contributed by atoms with Gasteiger partial charge >= 0.3 is 0 Å². The van der Waals surface area contributed by atoms with E-state index in [1.165, 1.54) is 18.2 Å². The molecule has 0 aliphatic carbocycles. The van der Waals surface area contributed by atoms with Crippen LogP contribution in [0.25, 0.3) is 0 Å². The molecule has 1 unspecified atom stereocenters. The van der Waals surface area contributed by atoms with E-state index in [1.54, 1.807) is 6.07 Å². The van der Waals surface area contributed by atoms with E-state index >= 15 is 0 Å². The van der Waals surface area contributed by atoms with Crippen LogP contribution in [0.3, 0.4) is 0 Å². The number of non-ortho nitro benzene ring substituents is 1. The van der Waals surface area contributed by atoms with Crippen molar-refractivity contribution in [2.24, 2.45) is 0 Å². The van der Waals surface area contributed by atoms with Crippen molar-refractivity contribution in [1.82, 2.24) is 10.6 Å². The Balaban J connectivity index is 1.89. The summed E-state index contributed by atoms with van der Waals surface area (Å²) in [5.74, 6) is 0.185. The Morgan fingerprint density at radius 3 is 3.11 bits per heavy atom. The summed E-state index contributed by atoms with van der Waals surface area (Å²) in [7, 11) is 0. The zero-order chi connectivity index (χ0) is 13.7. The predicted molar refractivity (Wildman–Crippen MR) is 67.3 cm³/mol. The average molecular weight is 264 g/mol. The van der Waals surface area contributed by atoms with E-state index in [1.807, 2.05) is 0 Å². The summed E-state index contributed by atoms with van der Waals surface area (Å²) in [5.41, 5.74) is -0.0611. The van der Waals surface area contributed by atoms with Gasteiger partial charge in [-0.3, -0.25) is 14.9 Å². The third kappa shape index (κ3) is 3.73. The van der Waals surface area contributed by atoms with Gasteiger partial charge in [-0.1, -0.05) is 6.07 Å². The summed E-state index contributed by atoms with van der Waals surface area (Å²) in [6, 6.07) is 5.38. The van der Waals surface area contributed by atoms with E-state index in [9.17, 15) is 14.9 Å². The normalized spacial score (nSPS) is 18.8. The van der Waals surface area contributed by atoms with E-state index in [0.717, 1.165) is 6.54 Å². The minimum Gasteiger partial charge on any atom is -0.486 e. The van der Waals surface area contributed by atoms with Gasteiger partial charge in [-0.25, -0.2) is 5.32 Å². The number of carbonyl (C=O) groups excluding carboxylic acids is 1. The summed E-state index contributed by atoms with van der Waals surface area (Å²) in [6.45, 7) is 1.80. The standard InChI is InChI=1S/C12H14N3O4/c16-12(11-7-13-4-5-14-11)8-19-10-3-1-2-9(6-10)15(17)18/h1-3,6,11,13H,4-5,7-8H2. The quantitative estimate of drug-likeness (QED) is 0.602. The highest BCUT2D eigenvalue weighted by atomic mass is 16.6. The molecule has 1 aliphatic rings. The van der Waals surface area contributed by atoms with Crippen LogP contribution in [0.2, 0.25) is 0 Å². The first-order valence-electron chi connectivity index (χ1n) is 5.94. The maximum Gasteiger partial charge on any atom is 0.273 e. The van der Waals surface area contributed by atoms with E-state index in [0.29, 0.717) is 18.8 Å². The van der Waals surface area contributed by atoms with Crippen LogP contribution >= 0.6 is 0 Å². The zero-order valence-electron chi connectivity index (χ0n) is 10.2. The Kier molecular flexibility index (Phi) is 4.43. The van der Waals surface area contributed by atoms with Crippen molar-refractivity contribution in [3.63, 3.8) is 0 Å². The highest BCUT2D eigenvalue weighted by Crippen LogP contribution is 2.19. The summed E-state index contributed by atoms with van der Waals surface area (Å²) in [4.78, 5) is 21.9. The molecule has 0 amide bonds. The SMILES string of the molecule is O=C(COc1cccc([N+](=O)[O-])c1)C1CNCC[N]1. The molecule has 0 saturated carbocycles. The Morgan fingerprint density at radius 1 is 1.58 bits per heavy atom. The molecule has 0 bridgehead atoms. The summed E-state index contributed by atoms with van der Waals surface area (Å²) < 4.78 is 5.27. The molecule has 1 aromatic rings. The lowest BCUT2D eigenvalue weighted by atomic mass is 10.1. The molecule has 0 spiro atoms. The molecular formula is C12H14N3O4. The fraction of sp³-hybridized carbons (Fsp3) is 0.417. The second-order valence-electron chi connectivity index (χ2n) is 4.14. The smallest absolute Gasteiger partial charge is 0.273 e. The molecule has 1 radical (unpaired) electrons. The largest absolute Gasteiger partial charge is 0.486 e. The number of ketones is 1. The number of piperazine rings is 1. The van der Waals surface area contributed by atoms with Gasteiger partial charge in [0.25, 0.3) is 5.69 Å². The van der Waals surface area contributed by atoms with Crippen molar-refractivity contribution in [3.05, 3.63) is 34.4 Å². The van der Waals surface area contributed by atoms with Crippen LogP contribution in [0.1, 0.15) is 0 Å². The minimum absolute atomic E-state index is 0.0611. The maximum atomic E-state index is 11.8. The number of carbonyl (C=O) groups is 1. The topological polar surface area (TPSA) is 95.6 Å². The average Bonchev–Trinajstić information content (AvgIpc) is 2.46. The van der Waals surface area contributed by atoms with E-state index in [2.05, 4.69) is 10.6 Å². The van der Waals surface area contributed by atoms with Crippen molar-refractivity contribution in [2.75, 3.05) is 26.2 Å². The van der Waals surface area contributed by atoms with Crippen LogP contribution in [0.15, 0.2) is 24.3 Å². The van der Waals surface area contributed by atoms with Gasteiger partial charge in [-0.2, -0.15) is 0 Å². The molecule has 0 aromatic heterocycles. The van der Waals surface area contributed by atoms with E-state index in [4.69, 9.17) is 4.74 Å². The van der Waals surface area contributed by atoms with Crippen LogP contribution in [0.4, 0.5) is 5.69 Å². The van der Waals surface area contributed by atoms with Gasteiger partial charge in [-0.15, -0.1) is 0 Å². The van der Waals surface area contributed by atoms with Gasteiger partial charge in [0.15, 0.2) is 5.78 Å². The van der Waals surface area contributed by atoms with Gasteiger partial charge in [0.1, 0.15) is 12.4 Å². The van der Waals surface area contributed by atoms with Crippen LogP contribution in [-0.4, -0.2) is 43.0 Å². The molecule has 19 heavy (non-hydrogen) atoms. The number of nitrogens with one attached hydrogen (secondary N) is 1. The Morgan fingerprint density at radius 2 is 2.42 bits per heavy atom. The molecule has 1 atom stereocenters. The second-order valence-corrected chi connectivity index (χ2v) is 4.14. The molecule has 1 heterocycles. The number of Topliss-reactive ketones (excluding diaryl/α,β-unsaturated/α-hetero) is 1. The third-order valence-electron chi connectivity index (χ3n) is 2.76. The molecule has 1 aliphatic heterocycles. The summed E-state index contributed by atoms with van der Waals surface area (Å²) >= 11 is 0. The number of benzene rings is 1. The molecule has 1 fully saturated rings. The van der Waals surface area contributed by atoms with Gasteiger partial charge in [0.05, 0.1) is 17.0 Å². The number of nitrogens with zero attached hydrogens (tertiary/aromatic N) is 2. The highest BCUT2D eigenvalue weighted by Gasteiger charge is 2.21. The van der Waals surface area contributed by atoms with Crippen molar-refractivity contribution in [1.29, 1.82) is 0 Å². The van der Waals surface area contributed by atoms with E-state index < -0.39 is 4.92 Å². The molecule has 7 nitrogen and oxygen atoms in total. The summed E-state index contributed by atoms with van der Waals surface area (Å²) in [5, 5.41) is 17.9. The number of ether oxygens (including phenoxy) is 1. The number of hydrogen-bond donors (Lipinski definition) is 1. The lowest BCUT2D eigenvalue weighted by Crippen LogP contribution is -2.49. The van der Waals surface area contributed by atoms with Gasteiger partial charge in [-0.05, 0) is 6.07 Å². The Hall–Kier alpha value is -1.99. The van der Waals surface area contributed by atoms with Crippen molar-refractivity contribution in [3.8, 4) is 5.75 Å². The van der Waals surface area contributed by atoms with Crippen molar-refractivity contribution < 1.29 is 14.5 Å². The third-order valence-corrected chi connectivity index (χ3v) is 2.76. The first-order valence-corrected chi connectivity index (χ1v) is 5.94. The fourth-order valence-electron chi connectivity index (χ4n) is 1.76. The predicted octanol–water partition coefficient (Wildman–Crippen LogP) is 0.119. The number of rotatable bonds is 5. The maximum absolute atomic E-state index is 11.8. The lowest BCUT2D eigenvalue weighted by Gasteiger charge is -2.21. The number of nitro groups is 1. The van der Waals surface area contributed by atoms with Gasteiger partial charge < -0.3 is 10.1 Å². The molecule has 7 heteroatoms. The van der Waals surface area contributed by atoms with E-state index in [-0.39, 0.29) is 24.1 Å². The molecule has 101 valence electrons. The molecule has 1 N–H and O–H groups in total. The van der Waals surface area contributed by atoms with Crippen LogP contribution in [-0.2, 0) is 4.79 Å². The second kappa shape index (κ2) is 6.26. The monoisotopic (exact) mass is 264 g/mol. The molecule has 1 aromatic carbocycles. The number of nitro benzene ring substituents is 1. The molecular weight excluding hydrogens is 250 g/mol. The number of hydrogen-bond acceptors (Lipinski definition) is 5. The summed E-state index contributed by atoms with van der Waals surface area (Å²) in [6.07, 6.45) is 0. The molecule has 1 saturated heterocycles. The first-order chi connectivity index (χ1) is 9.16. The van der Waals surface area contributed by atoms with Crippen molar-refractivity contribution >= 4 is 11.5 Å². The van der Waals surface area contributed by atoms with Gasteiger partial charge in [0.2, 0.25) is 0 Å². The Bertz CT molecular complexity index is 472. The van der Waals surface area contributed by atoms with Crippen LogP contribution in [0.5, 0.6) is 5.75 Å². The Labute approximate surface area is 110 Å². The first kappa shape index (κ1) is 13.4. The molecule has 2 rings (SSSR count). The fourth-order valence-corrected chi connectivity index (χ4v) is 1.76. The van der Waals surface area contributed by atoms with Crippen LogP contribution < -0.4 is 15.4 Å². The minimum atomic E-state index is -0.505. The lowest BCUT2D eigenvalue weighted by molar-refractivity contribution is -0.384. The highest BCUT2D eigenvalue weighted by molar-refractivity contribution is 5.85. The van der Waals surface area contributed by atoms with Gasteiger partial charge in [0, 0.05) is 25.7 Å².